The van der Waals surface area contributed by atoms with Crippen molar-refractivity contribution in [3.05, 3.63) is 34.6 Å². The number of hydrogen-bond acceptors (Lipinski definition) is 2. The molecule has 2 rings (SSSR count). The van der Waals surface area contributed by atoms with E-state index in [9.17, 15) is 4.39 Å². The van der Waals surface area contributed by atoms with Gasteiger partial charge in [0, 0.05) is 23.6 Å². The molecule has 1 aromatic rings. The lowest BCUT2D eigenvalue weighted by atomic mass is 9.76. The smallest absolute Gasteiger partial charge is 0.124 e. The first-order valence-corrected chi connectivity index (χ1v) is 7.71. The molecule has 1 aliphatic rings. The van der Waals surface area contributed by atoms with Gasteiger partial charge in [-0.1, -0.05) is 24.6 Å². The Morgan fingerprint density at radius 3 is 2.90 bits per heavy atom. The van der Waals surface area contributed by atoms with Crippen LogP contribution in [0.3, 0.4) is 0 Å². The average molecular weight is 300 g/mol. The third-order valence-electron chi connectivity index (χ3n) is 4.29. The lowest BCUT2D eigenvalue weighted by Gasteiger charge is -2.33. The van der Waals surface area contributed by atoms with Gasteiger partial charge in [-0.05, 0) is 50.4 Å². The highest BCUT2D eigenvalue weighted by Gasteiger charge is 2.41. The van der Waals surface area contributed by atoms with Gasteiger partial charge in [0.05, 0.1) is 6.10 Å². The standard InChI is InChI=1S/C16H23ClFNO/c1-3-7-19-11-16(6-8-20-12(16)2)10-13-4-5-14(18)9-15(13)17/h4-5,9,12,19H,3,6-8,10-11H2,1-2H3. The summed E-state index contributed by atoms with van der Waals surface area (Å²) in [5, 5.41) is 4.02. The quantitative estimate of drug-likeness (QED) is 0.806. The molecule has 0 radical (unpaired) electrons. The minimum absolute atomic E-state index is 0.0522. The second kappa shape index (κ2) is 6.88. The van der Waals surface area contributed by atoms with Crippen LogP contribution in [0.25, 0.3) is 0 Å². The summed E-state index contributed by atoms with van der Waals surface area (Å²) in [4.78, 5) is 0. The first kappa shape index (κ1) is 15.7. The summed E-state index contributed by atoms with van der Waals surface area (Å²) in [6, 6.07) is 4.67. The predicted octanol–water partition coefficient (Wildman–Crippen LogP) is 3.82. The van der Waals surface area contributed by atoms with Crippen molar-refractivity contribution in [1.82, 2.24) is 5.32 Å². The van der Waals surface area contributed by atoms with Crippen LogP contribution < -0.4 is 5.32 Å². The van der Waals surface area contributed by atoms with Gasteiger partial charge in [-0.15, -0.1) is 0 Å². The molecule has 4 heteroatoms. The van der Waals surface area contributed by atoms with Crippen molar-refractivity contribution in [2.24, 2.45) is 5.41 Å². The summed E-state index contributed by atoms with van der Waals surface area (Å²) < 4.78 is 18.9. The monoisotopic (exact) mass is 299 g/mol. The van der Waals surface area contributed by atoms with Crippen LogP contribution in [-0.2, 0) is 11.2 Å². The van der Waals surface area contributed by atoms with E-state index in [1.54, 1.807) is 6.07 Å². The zero-order valence-corrected chi connectivity index (χ0v) is 13.0. The van der Waals surface area contributed by atoms with E-state index in [4.69, 9.17) is 16.3 Å². The van der Waals surface area contributed by atoms with E-state index in [1.807, 2.05) is 0 Å². The Morgan fingerprint density at radius 1 is 1.50 bits per heavy atom. The Kier molecular flexibility index (Phi) is 5.42. The van der Waals surface area contributed by atoms with E-state index in [0.29, 0.717) is 5.02 Å². The molecule has 0 bridgehead atoms. The topological polar surface area (TPSA) is 21.3 Å². The van der Waals surface area contributed by atoms with Crippen LogP contribution in [0.1, 0.15) is 32.3 Å². The van der Waals surface area contributed by atoms with Crippen molar-refractivity contribution >= 4 is 11.6 Å². The van der Waals surface area contributed by atoms with Crippen LogP contribution in [0.2, 0.25) is 5.02 Å². The van der Waals surface area contributed by atoms with Gasteiger partial charge < -0.3 is 10.1 Å². The van der Waals surface area contributed by atoms with Crippen LogP contribution in [0.4, 0.5) is 4.39 Å². The molecule has 112 valence electrons. The minimum Gasteiger partial charge on any atom is -0.378 e. The number of benzene rings is 1. The summed E-state index contributed by atoms with van der Waals surface area (Å²) >= 11 is 6.18. The number of halogens is 2. The number of nitrogens with one attached hydrogen (secondary N) is 1. The average Bonchev–Trinajstić information content (AvgIpc) is 2.75. The fourth-order valence-electron chi connectivity index (χ4n) is 2.90. The highest BCUT2D eigenvalue weighted by Crippen LogP contribution is 2.39. The minimum atomic E-state index is -0.285. The highest BCUT2D eigenvalue weighted by atomic mass is 35.5. The molecule has 0 aromatic heterocycles. The molecule has 2 unspecified atom stereocenters. The third kappa shape index (κ3) is 3.51. The van der Waals surface area contributed by atoms with E-state index in [0.717, 1.165) is 44.5 Å². The van der Waals surface area contributed by atoms with Gasteiger partial charge in [0.15, 0.2) is 0 Å². The summed E-state index contributed by atoms with van der Waals surface area (Å²) in [6.07, 6.45) is 3.14. The van der Waals surface area contributed by atoms with Crippen molar-refractivity contribution in [2.75, 3.05) is 19.7 Å². The second-order valence-electron chi connectivity index (χ2n) is 5.71. The van der Waals surface area contributed by atoms with Gasteiger partial charge in [0.2, 0.25) is 0 Å². The lowest BCUT2D eigenvalue weighted by molar-refractivity contribution is 0.0631. The van der Waals surface area contributed by atoms with Gasteiger partial charge in [-0.2, -0.15) is 0 Å². The normalized spacial score (nSPS) is 26.1. The lowest BCUT2D eigenvalue weighted by Crippen LogP contribution is -2.41. The first-order valence-electron chi connectivity index (χ1n) is 7.33. The molecule has 1 aromatic carbocycles. The Morgan fingerprint density at radius 2 is 2.30 bits per heavy atom. The Hall–Kier alpha value is -0.640. The van der Waals surface area contributed by atoms with E-state index in [-0.39, 0.29) is 17.3 Å². The highest BCUT2D eigenvalue weighted by molar-refractivity contribution is 6.31. The Labute approximate surface area is 125 Å². The summed E-state index contributed by atoms with van der Waals surface area (Å²) in [5.74, 6) is -0.285. The van der Waals surface area contributed by atoms with Crippen molar-refractivity contribution < 1.29 is 9.13 Å². The van der Waals surface area contributed by atoms with Crippen molar-refractivity contribution in [3.8, 4) is 0 Å². The van der Waals surface area contributed by atoms with E-state index >= 15 is 0 Å². The van der Waals surface area contributed by atoms with Crippen LogP contribution in [0.15, 0.2) is 18.2 Å². The van der Waals surface area contributed by atoms with E-state index in [2.05, 4.69) is 19.2 Å². The Balaban J connectivity index is 2.15. The molecule has 20 heavy (non-hydrogen) atoms. The molecule has 2 nitrogen and oxygen atoms in total. The second-order valence-corrected chi connectivity index (χ2v) is 6.12. The first-order chi connectivity index (χ1) is 9.57. The van der Waals surface area contributed by atoms with Gasteiger partial charge in [0.1, 0.15) is 5.82 Å². The van der Waals surface area contributed by atoms with Crippen molar-refractivity contribution in [3.63, 3.8) is 0 Å². The maximum Gasteiger partial charge on any atom is 0.124 e. The molecular weight excluding hydrogens is 277 g/mol. The van der Waals surface area contributed by atoms with Crippen LogP contribution in [0.5, 0.6) is 0 Å². The fraction of sp³-hybridized carbons (Fsp3) is 0.625. The van der Waals surface area contributed by atoms with Crippen LogP contribution in [0, 0.1) is 11.2 Å². The van der Waals surface area contributed by atoms with Crippen LogP contribution >= 0.6 is 11.6 Å². The molecule has 1 aliphatic heterocycles. The molecule has 1 heterocycles. The number of ether oxygens (including phenoxy) is 1. The maximum absolute atomic E-state index is 13.2. The zero-order chi connectivity index (χ0) is 14.6. The van der Waals surface area contributed by atoms with E-state index in [1.165, 1.54) is 12.1 Å². The summed E-state index contributed by atoms with van der Waals surface area (Å²) in [6.45, 7) is 6.98. The molecule has 1 N–H and O–H groups in total. The number of rotatable bonds is 6. The molecule has 2 atom stereocenters. The zero-order valence-electron chi connectivity index (χ0n) is 12.2. The SMILES string of the molecule is CCCNCC1(Cc2ccc(F)cc2Cl)CCOC1C. The van der Waals surface area contributed by atoms with Gasteiger partial charge in [-0.3, -0.25) is 0 Å². The maximum atomic E-state index is 13.2. The molecule has 0 amide bonds. The predicted molar refractivity (Wildman–Crippen MR) is 80.7 cm³/mol. The summed E-state index contributed by atoms with van der Waals surface area (Å²) in [5.41, 5.74) is 1.06. The summed E-state index contributed by atoms with van der Waals surface area (Å²) in [7, 11) is 0. The largest absolute Gasteiger partial charge is 0.378 e. The van der Waals surface area contributed by atoms with Crippen LogP contribution in [-0.4, -0.2) is 25.8 Å². The third-order valence-corrected chi connectivity index (χ3v) is 4.64. The molecule has 0 saturated carbocycles. The van der Waals surface area contributed by atoms with E-state index < -0.39 is 0 Å². The fourth-order valence-corrected chi connectivity index (χ4v) is 3.14. The molecule has 1 fully saturated rings. The van der Waals surface area contributed by atoms with Gasteiger partial charge in [-0.25, -0.2) is 4.39 Å². The molecule has 1 saturated heterocycles. The molecule has 0 aliphatic carbocycles. The Bertz CT molecular complexity index is 454. The molecule has 0 spiro atoms. The number of hydrogen-bond donors (Lipinski definition) is 1. The molecular formula is C16H23ClFNO. The van der Waals surface area contributed by atoms with Gasteiger partial charge >= 0.3 is 0 Å². The van der Waals surface area contributed by atoms with Crippen molar-refractivity contribution in [2.45, 2.75) is 39.2 Å². The van der Waals surface area contributed by atoms with Crippen molar-refractivity contribution in [1.29, 1.82) is 0 Å². The van der Waals surface area contributed by atoms with Gasteiger partial charge in [0.25, 0.3) is 0 Å².